The minimum absolute atomic E-state index is 0.0727. The van der Waals surface area contributed by atoms with Crippen molar-refractivity contribution in [1.82, 2.24) is 4.98 Å². The van der Waals surface area contributed by atoms with E-state index in [9.17, 15) is 4.79 Å². The lowest BCUT2D eigenvalue weighted by molar-refractivity contribution is 0.0993. The third kappa shape index (κ3) is 2.74. The summed E-state index contributed by atoms with van der Waals surface area (Å²) in [5.41, 5.74) is 1.90. The third-order valence-corrected chi connectivity index (χ3v) is 4.42. The molecule has 0 fully saturated rings. The number of carbonyl (C=O) groups excluding carboxylic acids is 1. The van der Waals surface area contributed by atoms with Gasteiger partial charge < -0.3 is 0 Å². The normalized spacial score (nSPS) is 10.8. The molecule has 3 rings (SSSR count). The number of para-hydroxylation sites is 1. The molecule has 0 aliphatic rings. The van der Waals surface area contributed by atoms with E-state index < -0.39 is 0 Å². The van der Waals surface area contributed by atoms with Gasteiger partial charge in [-0.05, 0) is 29.8 Å². The van der Waals surface area contributed by atoms with Crippen LogP contribution in [0.25, 0.3) is 10.2 Å². The predicted molar refractivity (Wildman–Crippen MR) is 81.8 cm³/mol. The molecule has 0 saturated carbocycles. The zero-order valence-corrected chi connectivity index (χ0v) is 12.4. The molecule has 2 aromatic carbocycles. The van der Waals surface area contributed by atoms with Crippen LogP contribution in [-0.2, 0) is 6.42 Å². The highest BCUT2D eigenvalue weighted by Gasteiger charge is 2.12. The number of Topliss-reactive ketones (excluding diaryl/α,β-unsaturated/α-hetero) is 1. The van der Waals surface area contributed by atoms with Crippen molar-refractivity contribution < 1.29 is 4.79 Å². The van der Waals surface area contributed by atoms with Crippen LogP contribution in [0.2, 0.25) is 0 Å². The van der Waals surface area contributed by atoms with Crippen LogP contribution >= 0.6 is 27.3 Å². The van der Waals surface area contributed by atoms with Gasteiger partial charge in [-0.3, -0.25) is 4.79 Å². The second-order valence-corrected chi connectivity index (χ2v) is 6.16. The zero-order valence-electron chi connectivity index (χ0n) is 9.97. The molecule has 0 aliphatic heterocycles. The average molecular weight is 332 g/mol. The topological polar surface area (TPSA) is 30.0 Å². The number of ketones is 1. The Morgan fingerprint density at radius 1 is 1.11 bits per heavy atom. The van der Waals surface area contributed by atoms with E-state index in [4.69, 9.17) is 0 Å². The third-order valence-electron chi connectivity index (χ3n) is 2.81. The second-order valence-electron chi connectivity index (χ2n) is 4.21. The van der Waals surface area contributed by atoms with Crippen molar-refractivity contribution >= 4 is 43.3 Å². The van der Waals surface area contributed by atoms with E-state index >= 15 is 0 Å². The standard InChI is InChI=1S/C15H10BrNOS/c16-11-7-5-10(6-8-11)9-13(18)15-17-12-3-1-2-4-14(12)19-15/h1-8H,9H2. The maximum absolute atomic E-state index is 12.2. The van der Waals surface area contributed by atoms with E-state index in [-0.39, 0.29) is 5.78 Å². The van der Waals surface area contributed by atoms with E-state index in [1.54, 1.807) is 0 Å². The first kappa shape index (κ1) is 12.5. The summed E-state index contributed by atoms with van der Waals surface area (Å²) in [5.74, 6) is 0.0727. The minimum Gasteiger partial charge on any atom is -0.291 e. The van der Waals surface area contributed by atoms with Gasteiger partial charge in [-0.2, -0.15) is 0 Å². The van der Waals surface area contributed by atoms with E-state index in [2.05, 4.69) is 20.9 Å². The molecule has 1 heterocycles. The number of halogens is 1. The zero-order chi connectivity index (χ0) is 13.2. The van der Waals surface area contributed by atoms with Gasteiger partial charge in [-0.15, -0.1) is 11.3 Å². The van der Waals surface area contributed by atoms with Crippen LogP contribution in [0.5, 0.6) is 0 Å². The Balaban J connectivity index is 1.85. The molecule has 0 atom stereocenters. The van der Waals surface area contributed by atoms with Crippen molar-refractivity contribution in [2.24, 2.45) is 0 Å². The summed E-state index contributed by atoms with van der Waals surface area (Å²) < 4.78 is 2.07. The van der Waals surface area contributed by atoms with Gasteiger partial charge in [0.2, 0.25) is 0 Å². The smallest absolute Gasteiger partial charge is 0.195 e. The number of benzene rings is 2. The Kier molecular flexibility index (Phi) is 3.44. The van der Waals surface area contributed by atoms with E-state index in [0.717, 1.165) is 20.3 Å². The maximum Gasteiger partial charge on any atom is 0.195 e. The van der Waals surface area contributed by atoms with Crippen molar-refractivity contribution in [1.29, 1.82) is 0 Å². The van der Waals surface area contributed by atoms with Crippen molar-refractivity contribution in [3.05, 3.63) is 63.6 Å². The van der Waals surface area contributed by atoms with Gasteiger partial charge in [-0.25, -0.2) is 4.98 Å². The first-order chi connectivity index (χ1) is 9.22. The fourth-order valence-corrected chi connectivity index (χ4v) is 3.02. The van der Waals surface area contributed by atoms with E-state index in [0.29, 0.717) is 11.4 Å². The highest BCUT2D eigenvalue weighted by molar-refractivity contribution is 9.10. The number of nitrogens with zero attached hydrogens (tertiary/aromatic N) is 1. The molecular weight excluding hydrogens is 322 g/mol. The fraction of sp³-hybridized carbons (Fsp3) is 0.0667. The molecule has 0 unspecified atom stereocenters. The molecule has 19 heavy (non-hydrogen) atoms. The highest BCUT2D eigenvalue weighted by atomic mass is 79.9. The first-order valence-corrected chi connectivity index (χ1v) is 7.46. The minimum atomic E-state index is 0.0727. The van der Waals surface area contributed by atoms with Crippen molar-refractivity contribution in [2.75, 3.05) is 0 Å². The summed E-state index contributed by atoms with van der Waals surface area (Å²) in [6.07, 6.45) is 0.396. The molecule has 1 aromatic heterocycles. The molecule has 0 amide bonds. The Morgan fingerprint density at radius 3 is 2.58 bits per heavy atom. The van der Waals surface area contributed by atoms with E-state index in [1.807, 2.05) is 48.5 Å². The van der Waals surface area contributed by atoms with Gasteiger partial charge in [0.25, 0.3) is 0 Å². The van der Waals surface area contributed by atoms with Gasteiger partial charge in [0.05, 0.1) is 10.2 Å². The maximum atomic E-state index is 12.2. The summed E-state index contributed by atoms with van der Waals surface area (Å²) in [7, 11) is 0. The lowest BCUT2D eigenvalue weighted by Crippen LogP contribution is -2.02. The highest BCUT2D eigenvalue weighted by Crippen LogP contribution is 2.23. The molecule has 0 N–H and O–H groups in total. The molecular formula is C15H10BrNOS. The SMILES string of the molecule is O=C(Cc1ccc(Br)cc1)c1nc2ccccc2s1. The predicted octanol–water partition coefficient (Wildman–Crippen LogP) is 4.48. The van der Waals surface area contributed by atoms with Crippen LogP contribution in [0.15, 0.2) is 53.0 Å². The Bertz CT molecular complexity index is 700. The average Bonchev–Trinajstić information content (AvgIpc) is 2.85. The van der Waals surface area contributed by atoms with Crippen LogP contribution in [0.3, 0.4) is 0 Å². The summed E-state index contributed by atoms with van der Waals surface area (Å²) in [4.78, 5) is 16.6. The lowest BCUT2D eigenvalue weighted by Gasteiger charge is -1.98. The van der Waals surface area contributed by atoms with Crippen molar-refractivity contribution in [3.8, 4) is 0 Å². The number of rotatable bonds is 3. The summed E-state index contributed by atoms with van der Waals surface area (Å²) in [6.45, 7) is 0. The number of thiazole rings is 1. The largest absolute Gasteiger partial charge is 0.291 e. The number of hydrogen-bond donors (Lipinski definition) is 0. The molecule has 0 spiro atoms. The summed E-state index contributed by atoms with van der Waals surface area (Å²) in [6, 6.07) is 15.6. The van der Waals surface area contributed by atoms with Gasteiger partial charge in [0, 0.05) is 10.9 Å². The number of aromatic nitrogens is 1. The molecule has 0 aliphatic carbocycles. The molecule has 94 valence electrons. The van der Waals surface area contributed by atoms with Crippen molar-refractivity contribution in [3.63, 3.8) is 0 Å². The van der Waals surface area contributed by atoms with Crippen LogP contribution in [0.1, 0.15) is 15.4 Å². The molecule has 2 nitrogen and oxygen atoms in total. The van der Waals surface area contributed by atoms with Gasteiger partial charge in [0.1, 0.15) is 0 Å². The number of hydrogen-bond acceptors (Lipinski definition) is 3. The number of carbonyl (C=O) groups is 1. The van der Waals surface area contributed by atoms with Crippen LogP contribution < -0.4 is 0 Å². The molecule has 4 heteroatoms. The molecule has 0 radical (unpaired) electrons. The summed E-state index contributed by atoms with van der Waals surface area (Å²) >= 11 is 4.84. The monoisotopic (exact) mass is 331 g/mol. The van der Waals surface area contributed by atoms with E-state index in [1.165, 1.54) is 11.3 Å². The molecule has 0 bridgehead atoms. The molecule has 3 aromatic rings. The lowest BCUT2D eigenvalue weighted by atomic mass is 10.1. The quantitative estimate of drug-likeness (QED) is 0.662. The van der Waals surface area contributed by atoms with Crippen LogP contribution in [0, 0.1) is 0 Å². The Labute approximate surface area is 123 Å². The number of fused-ring (bicyclic) bond motifs is 1. The Morgan fingerprint density at radius 2 is 1.84 bits per heavy atom. The first-order valence-electron chi connectivity index (χ1n) is 5.85. The second kappa shape index (κ2) is 5.23. The van der Waals surface area contributed by atoms with Crippen molar-refractivity contribution in [2.45, 2.75) is 6.42 Å². The summed E-state index contributed by atoms with van der Waals surface area (Å²) in [5, 5.41) is 0.587. The Hall–Kier alpha value is -1.52. The van der Waals surface area contributed by atoms with Crippen LogP contribution in [0.4, 0.5) is 0 Å². The fourth-order valence-electron chi connectivity index (χ4n) is 1.85. The van der Waals surface area contributed by atoms with Crippen LogP contribution in [-0.4, -0.2) is 10.8 Å². The molecule has 0 saturated heterocycles. The van der Waals surface area contributed by atoms with Gasteiger partial charge >= 0.3 is 0 Å². The van der Waals surface area contributed by atoms with Gasteiger partial charge in [-0.1, -0.05) is 40.2 Å². The van der Waals surface area contributed by atoms with Gasteiger partial charge in [0.15, 0.2) is 10.8 Å².